The third-order valence-electron chi connectivity index (χ3n) is 3.51. The summed E-state index contributed by atoms with van der Waals surface area (Å²) in [7, 11) is 1.61. The highest BCUT2D eigenvalue weighted by atomic mass is 16.5. The summed E-state index contributed by atoms with van der Waals surface area (Å²) < 4.78 is 5.17. The Morgan fingerprint density at radius 3 is 2.61 bits per heavy atom. The number of ether oxygens (including phenoxy) is 1. The van der Waals surface area contributed by atoms with Crippen LogP contribution in [0.15, 0.2) is 54.6 Å². The fourth-order valence-electron chi connectivity index (χ4n) is 2.48. The quantitative estimate of drug-likeness (QED) is 0.810. The number of rotatable bonds is 8. The van der Waals surface area contributed by atoms with Gasteiger partial charge in [0.25, 0.3) is 0 Å². The molecule has 0 radical (unpaired) electrons. The van der Waals surface area contributed by atoms with Gasteiger partial charge in [0.15, 0.2) is 0 Å². The third-order valence-corrected chi connectivity index (χ3v) is 3.51. The van der Waals surface area contributed by atoms with Crippen molar-refractivity contribution in [3.8, 4) is 5.75 Å². The molecule has 0 unspecified atom stereocenters. The molecule has 0 bridgehead atoms. The monoisotopic (exact) mass is 312 g/mol. The van der Waals surface area contributed by atoms with Gasteiger partial charge in [-0.2, -0.15) is 0 Å². The topological polar surface area (TPSA) is 41.6 Å². The second-order valence-electron chi connectivity index (χ2n) is 5.48. The molecule has 1 amide bonds. The van der Waals surface area contributed by atoms with Crippen molar-refractivity contribution in [2.24, 2.45) is 0 Å². The molecule has 0 aliphatic carbocycles. The molecular weight excluding hydrogens is 288 g/mol. The van der Waals surface area contributed by atoms with Crippen molar-refractivity contribution in [2.75, 3.05) is 25.5 Å². The summed E-state index contributed by atoms with van der Waals surface area (Å²) in [6.07, 6.45) is 1.01. The van der Waals surface area contributed by atoms with Crippen molar-refractivity contribution in [1.82, 2.24) is 4.90 Å². The van der Waals surface area contributed by atoms with Gasteiger partial charge >= 0.3 is 0 Å². The highest BCUT2D eigenvalue weighted by Gasteiger charge is 2.11. The Balaban J connectivity index is 1.94. The Hall–Kier alpha value is -2.33. The smallest absolute Gasteiger partial charge is 0.238 e. The number of anilines is 1. The minimum Gasteiger partial charge on any atom is -0.497 e. The highest BCUT2D eigenvalue weighted by Crippen LogP contribution is 2.16. The van der Waals surface area contributed by atoms with Crippen LogP contribution in [0.2, 0.25) is 0 Å². The molecule has 0 fully saturated rings. The zero-order valence-corrected chi connectivity index (χ0v) is 13.8. The van der Waals surface area contributed by atoms with E-state index in [1.807, 2.05) is 42.5 Å². The number of carbonyl (C=O) groups is 1. The lowest BCUT2D eigenvalue weighted by molar-refractivity contribution is -0.117. The normalized spacial score (nSPS) is 10.6. The Kier molecular flexibility index (Phi) is 6.63. The average Bonchev–Trinajstić information content (AvgIpc) is 2.56. The largest absolute Gasteiger partial charge is 0.497 e. The van der Waals surface area contributed by atoms with Crippen molar-refractivity contribution in [2.45, 2.75) is 19.9 Å². The van der Waals surface area contributed by atoms with Gasteiger partial charge in [-0.3, -0.25) is 9.69 Å². The number of amides is 1. The molecular formula is C19H24N2O2. The molecule has 0 aliphatic rings. The van der Waals surface area contributed by atoms with E-state index in [2.05, 4.69) is 29.3 Å². The number of nitrogens with one attached hydrogen (secondary N) is 1. The summed E-state index contributed by atoms with van der Waals surface area (Å²) >= 11 is 0. The van der Waals surface area contributed by atoms with Crippen LogP contribution in [0.25, 0.3) is 0 Å². The summed E-state index contributed by atoms with van der Waals surface area (Å²) in [5, 5.41) is 2.93. The lowest BCUT2D eigenvalue weighted by atomic mass is 10.2. The molecule has 122 valence electrons. The zero-order valence-electron chi connectivity index (χ0n) is 13.8. The van der Waals surface area contributed by atoms with Crippen LogP contribution in [0.5, 0.6) is 5.75 Å². The number of hydrogen-bond acceptors (Lipinski definition) is 3. The van der Waals surface area contributed by atoms with E-state index in [4.69, 9.17) is 4.74 Å². The molecule has 1 N–H and O–H groups in total. The van der Waals surface area contributed by atoms with Crippen LogP contribution in [-0.4, -0.2) is 31.0 Å². The van der Waals surface area contributed by atoms with Crippen LogP contribution in [0.4, 0.5) is 5.69 Å². The molecule has 2 aromatic rings. The fourth-order valence-corrected chi connectivity index (χ4v) is 2.48. The highest BCUT2D eigenvalue weighted by molar-refractivity contribution is 5.92. The van der Waals surface area contributed by atoms with E-state index in [0.29, 0.717) is 6.54 Å². The first-order chi connectivity index (χ1) is 11.2. The summed E-state index contributed by atoms with van der Waals surface area (Å²) in [6, 6.07) is 17.6. The third kappa shape index (κ3) is 5.75. The number of carbonyl (C=O) groups excluding carboxylic acids is 1. The number of nitrogens with zero attached hydrogens (tertiary/aromatic N) is 1. The van der Waals surface area contributed by atoms with Crippen LogP contribution in [0.3, 0.4) is 0 Å². The van der Waals surface area contributed by atoms with Crippen LogP contribution in [-0.2, 0) is 11.3 Å². The van der Waals surface area contributed by atoms with E-state index in [1.54, 1.807) is 7.11 Å². The average molecular weight is 312 g/mol. The lowest BCUT2D eigenvalue weighted by Gasteiger charge is -2.21. The number of benzene rings is 2. The van der Waals surface area contributed by atoms with E-state index in [0.717, 1.165) is 30.9 Å². The van der Waals surface area contributed by atoms with Crippen molar-refractivity contribution in [1.29, 1.82) is 0 Å². The summed E-state index contributed by atoms with van der Waals surface area (Å²) in [5.41, 5.74) is 1.97. The first-order valence-electron chi connectivity index (χ1n) is 7.91. The van der Waals surface area contributed by atoms with Gasteiger partial charge in [-0.25, -0.2) is 0 Å². The van der Waals surface area contributed by atoms with Gasteiger partial charge in [0.1, 0.15) is 5.75 Å². The van der Waals surface area contributed by atoms with Crippen LogP contribution in [0.1, 0.15) is 18.9 Å². The van der Waals surface area contributed by atoms with Gasteiger partial charge in [0.2, 0.25) is 5.91 Å². The van der Waals surface area contributed by atoms with E-state index in [9.17, 15) is 4.79 Å². The molecule has 0 spiro atoms. The predicted octanol–water partition coefficient (Wildman–Crippen LogP) is 3.55. The minimum absolute atomic E-state index is 0.0114. The molecule has 0 heterocycles. The van der Waals surface area contributed by atoms with E-state index in [-0.39, 0.29) is 5.91 Å². The Morgan fingerprint density at radius 1 is 1.13 bits per heavy atom. The van der Waals surface area contributed by atoms with Crippen molar-refractivity contribution in [3.63, 3.8) is 0 Å². The van der Waals surface area contributed by atoms with Gasteiger partial charge in [0, 0.05) is 18.3 Å². The SMILES string of the molecule is CCCN(CC(=O)Nc1cccc(OC)c1)Cc1ccccc1. The molecule has 0 saturated heterocycles. The molecule has 23 heavy (non-hydrogen) atoms. The molecule has 4 nitrogen and oxygen atoms in total. The van der Waals surface area contributed by atoms with Crippen LogP contribution in [0, 0.1) is 0 Å². The maximum atomic E-state index is 12.3. The molecule has 0 saturated carbocycles. The molecule has 0 aliphatic heterocycles. The Morgan fingerprint density at radius 2 is 1.91 bits per heavy atom. The van der Waals surface area contributed by atoms with Crippen LogP contribution < -0.4 is 10.1 Å². The molecule has 4 heteroatoms. The first-order valence-corrected chi connectivity index (χ1v) is 7.91. The zero-order chi connectivity index (χ0) is 16.5. The van der Waals surface area contributed by atoms with Gasteiger partial charge < -0.3 is 10.1 Å². The molecule has 0 aromatic heterocycles. The van der Waals surface area contributed by atoms with Gasteiger partial charge in [-0.05, 0) is 30.7 Å². The summed E-state index contributed by atoms with van der Waals surface area (Å²) in [5.74, 6) is 0.722. The summed E-state index contributed by atoms with van der Waals surface area (Å²) in [6.45, 7) is 4.17. The predicted molar refractivity (Wildman–Crippen MR) is 93.6 cm³/mol. The molecule has 0 atom stereocenters. The van der Waals surface area contributed by atoms with E-state index in [1.165, 1.54) is 5.56 Å². The number of hydrogen-bond donors (Lipinski definition) is 1. The van der Waals surface area contributed by atoms with Gasteiger partial charge in [0.05, 0.1) is 13.7 Å². The van der Waals surface area contributed by atoms with Crippen molar-refractivity contribution < 1.29 is 9.53 Å². The van der Waals surface area contributed by atoms with Crippen molar-refractivity contribution in [3.05, 3.63) is 60.2 Å². The standard InChI is InChI=1S/C19H24N2O2/c1-3-12-21(14-16-8-5-4-6-9-16)15-19(22)20-17-10-7-11-18(13-17)23-2/h4-11,13H,3,12,14-15H2,1-2H3,(H,20,22). The minimum atomic E-state index is -0.0114. The first kappa shape index (κ1) is 17.0. The maximum Gasteiger partial charge on any atom is 0.238 e. The summed E-state index contributed by atoms with van der Waals surface area (Å²) in [4.78, 5) is 14.5. The van der Waals surface area contributed by atoms with E-state index >= 15 is 0 Å². The second-order valence-corrected chi connectivity index (χ2v) is 5.48. The van der Waals surface area contributed by atoms with Crippen molar-refractivity contribution >= 4 is 11.6 Å². The lowest BCUT2D eigenvalue weighted by Crippen LogP contribution is -2.33. The maximum absolute atomic E-state index is 12.3. The number of methoxy groups -OCH3 is 1. The molecule has 2 aromatic carbocycles. The Labute approximate surface area is 138 Å². The Bertz CT molecular complexity index is 614. The van der Waals surface area contributed by atoms with Crippen LogP contribution >= 0.6 is 0 Å². The fraction of sp³-hybridized carbons (Fsp3) is 0.316. The van der Waals surface area contributed by atoms with Gasteiger partial charge in [-0.15, -0.1) is 0 Å². The second kappa shape index (κ2) is 8.96. The van der Waals surface area contributed by atoms with E-state index < -0.39 is 0 Å². The molecule has 2 rings (SSSR count). The van der Waals surface area contributed by atoms with Gasteiger partial charge in [-0.1, -0.05) is 43.3 Å².